The van der Waals surface area contributed by atoms with Gasteiger partial charge in [0.15, 0.2) is 0 Å². The van der Waals surface area contributed by atoms with E-state index in [1.807, 2.05) is 18.0 Å². The van der Waals surface area contributed by atoms with E-state index in [9.17, 15) is 0 Å². The van der Waals surface area contributed by atoms with Gasteiger partial charge in [0.25, 0.3) is 0 Å². The SMILES string of the molecule is CC(C)c1ccc2c(c1)N1c3ncccc3C(C)(C)c3cccc(c31)S2. The van der Waals surface area contributed by atoms with Gasteiger partial charge >= 0.3 is 0 Å². The van der Waals surface area contributed by atoms with Crippen molar-refractivity contribution in [3.05, 3.63) is 71.4 Å². The fourth-order valence-electron chi connectivity index (χ4n) is 4.16. The van der Waals surface area contributed by atoms with Gasteiger partial charge in [0, 0.05) is 27.0 Å². The first-order valence-electron chi connectivity index (χ1n) is 9.19. The van der Waals surface area contributed by atoms with Crippen molar-refractivity contribution in [2.24, 2.45) is 0 Å². The van der Waals surface area contributed by atoms with Crippen molar-refractivity contribution < 1.29 is 0 Å². The van der Waals surface area contributed by atoms with Gasteiger partial charge in [-0.3, -0.25) is 4.90 Å². The average Bonchev–Trinajstić information content (AvgIpc) is 2.64. The van der Waals surface area contributed by atoms with Crippen LogP contribution in [0.3, 0.4) is 0 Å². The summed E-state index contributed by atoms with van der Waals surface area (Å²) in [6, 6.07) is 17.9. The smallest absolute Gasteiger partial charge is 0.141 e. The molecule has 3 heteroatoms. The van der Waals surface area contributed by atoms with E-state index >= 15 is 0 Å². The summed E-state index contributed by atoms with van der Waals surface area (Å²) in [4.78, 5) is 9.84. The number of para-hydroxylation sites is 1. The highest BCUT2D eigenvalue weighted by atomic mass is 32.2. The minimum absolute atomic E-state index is 0.0564. The van der Waals surface area contributed by atoms with Crippen LogP contribution in [-0.2, 0) is 5.41 Å². The molecule has 0 amide bonds. The molecule has 3 aromatic rings. The van der Waals surface area contributed by atoms with Crippen molar-refractivity contribution in [2.75, 3.05) is 4.90 Å². The van der Waals surface area contributed by atoms with Gasteiger partial charge in [0.2, 0.25) is 0 Å². The van der Waals surface area contributed by atoms with Crippen LogP contribution in [0.5, 0.6) is 0 Å². The van der Waals surface area contributed by atoms with Crippen molar-refractivity contribution >= 4 is 29.0 Å². The topological polar surface area (TPSA) is 16.1 Å². The molecule has 0 atom stereocenters. The molecule has 0 radical (unpaired) electrons. The molecule has 3 heterocycles. The minimum Gasteiger partial charge on any atom is -0.292 e. The Morgan fingerprint density at radius 2 is 1.77 bits per heavy atom. The van der Waals surface area contributed by atoms with E-state index < -0.39 is 0 Å². The molecular weight excluding hydrogens is 336 g/mol. The van der Waals surface area contributed by atoms with Crippen LogP contribution < -0.4 is 4.90 Å². The van der Waals surface area contributed by atoms with E-state index in [4.69, 9.17) is 4.98 Å². The Morgan fingerprint density at radius 3 is 2.58 bits per heavy atom. The van der Waals surface area contributed by atoms with E-state index in [1.54, 1.807) is 0 Å². The third-order valence-corrected chi connectivity index (χ3v) is 6.79. The molecule has 2 aromatic carbocycles. The van der Waals surface area contributed by atoms with E-state index in [1.165, 1.54) is 37.9 Å². The zero-order chi connectivity index (χ0) is 18.1. The molecule has 0 N–H and O–H groups in total. The zero-order valence-electron chi connectivity index (χ0n) is 15.6. The molecule has 2 nitrogen and oxygen atoms in total. The number of hydrogen-bond donors (Lipinski definition) is 0. The molecule has 0 fully saturated rings. The number of anilines is 3. The Kier molecular flexibility index (Phi) is 3.29. The molecule has 130 valence electrons. The van der Waals surface area contributed by atoms with Crippen molar-refractivity contribution in [3.63, 3.8) is 0 Å². The van der Waals surface area contributed by atoms with Crippen molar-refractivity contribution in [1.82, 2.24) is 4.98 Å². The van der Waals surface area contributed by atoms with Gasteiger partial charge < -0.3 is 0 Å². The molecule has 0 bridgehead atoms. The van der Waals surface area contributed by atoms with Crippen molar-refractivity contribution in [3.8, 4) is 0 Å². The summed E-state index contributed by atoms with van der Waals surface area (Å²) in [5.41, 5.74) is 6.55. The number of nitrogens with zero attached hydrogens (tertiary/aromatic N) is 2. The van der Waals surface area contributed by atoms with Crippen LogP contribution in [0.1, 0.15) is 50.3 Å². The van der Waals surface area contributed by atoms with Gasteiger partial charge in [0.05, 0.1) is 11.4 Å². The zero-order valence-corrected chi connectivity index (χ0v) is 16.4. The van der Waals surface area contributed by atoms with Crippen LogP contribution in [0.2, 0.25) is 0 Å². The summed E-state index contributed by atoms with van der Waals surface area (Å²) in [6.07, 6.45) is 1.91. The number of rotatable bonds is 1. The average molecular weight is 359 g/mol. The molecule has 1 aromatic heterocycles. The third-order valence-electron chi connectivity index (χ3n) is 5.68. The molecule has 0 unspecified atom stereocenters. The fraction of sp³-hybridized carbons (Fsp3) is 0.261. The Balaban J connectivity index is 1.86. The molecule has 0 saturated heterocycles. The van der Waals surface area contributed by atoms with Gasteiger partial charge in [-0.15, -0.1) is 0 Å². The number of benzene rings is 2. The Labute approximate surface area is 159 Å². The van der Waals surface area contributed by atoms with Crippen LogP contribution in [0, 0.1) is 0 Å². The van der Waals surface area contributed by atoms with Gasteiger partial charge in [0.1, 0.15) is 5.82 Å². The third kappa shape index (κ3) is 2.04. The second kappa shape index (κ2) is 5.37. The van der Waals surface area contributed by atoms with Crippen LogP contribution in [-0.4, -0.2) is 4.98 Å². The number of pyridine rings is 1. The second-order valence-electron chi connectivity index (χ2n) is 7.97. The number of fused-ring (bicyclic) bond motifs is 4. The van der Waals surface area contributed by atoms with Crippen LogP contribution >= 0.6 is 11.8 Å². The molecule has 26 heavy (non-hydrogen) atoms. The summed E-state index contributed by atoms with van der Waals surface area (Å²) in [5.74, 6) is 1.58. The molecule has 0 spiro atoms. The highest BCUT2D eigenvalue weighted by Crippen LogP contribution is 2.59. The highest BCUT2D eigenvalue weighted by molar-refractivity contribution is 7.99. The minimum atomic E-state index is -0.0564. The van der Waals surface area contributed by atoms with E-state index in [2.05, 4.69) is 81.1 Å². The largest absolute Gasteiger partial charge is 0.292 e. The Morgan fingerprint density at radius 1 is 0.962 bits per heavy atom. The lowest BCUT2D eigenvalue weighted by Gasteiger charge is -2.44. The summed E-state index contributed by atoms with van der Waals surface area (Å²) in [7, 11) is 0. The molecule has 5 rings (SSSR count). The van der Waals surface area contributed by atoms with Gasteiger partial charge in [-0.1, -0.05) is 63.7 Å². The lowest BCUT2D eigenvalue weighted by atomic mass is 9.74. The maximum Gasteiger partial charge on any atom is 0.141 e. The van der Waals surface area contributed by atoms with E-state index in [0.29, 0.717) is 5.92 Å². The number of aromatic nitrogens is 1. The summed E-state index contributed by atoms with van der Waals surface area (Å²) in [6.45, 7) is 9.13. The molecule has 0 saturated carbocycles. The van der Waals surface area contributed by atoms with Crippen molar-refractivity contribution in [2.45, 2.75) is 48.8 Å². The first-order chi connectivity index (χ1) is 12.5. The first-order valence-corrected chi connectivity index (χ1v) is 10.0. The highest BCUT2D eigenvalue weighted by Gasteiger charge is 2.41. The van der Waals surface area contributed by atoms with E-state index in [-0.39, 0.29) is 5.41 Å². The van der Waals surface area contributed by atoms with Crippen LogP contribution in [0.4, 0.5) is 17.2 Å². The maximum absolute atomic E-state index is 4.83. The maximum atomic E-state index is 4.83. The predicted molar refractivity (Wildman–Crippen MR) is 109 cm³/mol. The van der Waals surface area contributed by atoms with E-state index in [0.717, 1.165) is 5.82 Å². The molecule has 0 aliphatic carbocycles. The predicted octanol–water partition coefficient (Wildman–Crippen LogP) is 6.78. The lowest BCUT2D eigenvalue weighted by molar-refractivity contribution is 0.624. The summed E-state index contributed by atoms with van der Waals surface area (Å²) in [5, 5.41) is 0. The quantitative estimate of drug-likeness (QED) is 0.373. The van der Waals surface area contributed by atoms with Gasteiger partial charge in [-0.25, -0.2) is 4.98 Å². The summed E-state index contributed by atoms with van der Waals surface area (Å²) >= 11 is 1.88. The summed E-state index contributed by atoms with van der Waals surface area (Å²) < 4.78 is 0. The van der Waals surface area contributed by atoms with Gasteiger partial charge in [-0.05, 0) is 41.3 Å². The first kappa shape index (κ1) is 16.0. The Bertz CT molecular complexity index is 1040. The standard InChI is InChI=1S/C23H22N2S/c1-14(2)15-10-11-19-18(13-15)25-21-16(7-5-9-20(21)26-19)23(3,4)17-8-6-12-24-22(17)25/h5-14H,1-4H3. The van der Waals surface area contributed by atoms with Crippen LogP contribution in [0.15, 0.2) is 64.5 Å². The van der Waals surface area contributed by atoms with Gasteiger partial charge in [-0.2, -0.15) is 0 Å². The molecular formula is C23H22N2S. The Hall–Kier alpha value is -2.26. The second-order valence-corrected chi connectivity index (χ2v) is 9.05. The van der Waals surface area contributed by atoms with Crippen molar-refractivity contribution in [1.29, 1.82) is 0 Å². The monoisotopic (exact) mass is 358 g/mol. The van der Waals surface area contributed by atoms with Crippen LogP contribution in [0.25, 0.3) is 0 Å². The molecule has 2 aliphatic rings. The number of hydrogen-bond acceptors (Lipinski definition) is 3. The fourth-order valence-corrected chi connectivity index (χ4v) is 5.23. The molecule has 2 aliphatic heterocycles. The lowest BCUT2D eigenvalue weighted by Crippen LogP contribution is -2.32. The normalized spacial score (nSPS) is 16.1.